The van der Waals surface area contributed by atoms with Gasteiger partial charge in [0.2, 0.25) is 5.91 Å². The van der Waals surface area contributed by atoms with E-state index in [1.807, 2.05) is 13.8 Å². The Kier molecular flexibility index (Phi) is 3.28. The Morgan fingerprint density at radius 1 is 1.50 bits per heavy atom. The Morgan fingerprint density at radius 3 is 2.71 bits per heavy atom. The lowest BCUT2D eigenvalue weighted by Gasteiger charge is -2.18. The molecular formula is C10H17N3O. The number of rotatable bonds is 1. The minimum absolute atomic E-state index is 0.113. The third-order valence-corrected chi connectivity index (χ3v) is 2.43. The minimum atomic E-state index is 0.113. The van der Waals surface area contributed by atoms with E-state index in [-0.39, 0.29) is 5.91 Å². The third-order valence-electron chi connectivity index (χ3n) is 2.43. The number of amides is 1. The average molecular weight is 195 g/mol. The lowest BCUT2D eigenvalue weighted by Crippen LogP contribution is -2.33. The Morgan fingerprint density at radius 2 is 2.14 bits per heavy atom. The summed E-state index contributed by atoms with van der Waals surface area (Å²) in [7, 11) is 1.75. The van der Waals surface area contributed by atoms with Crippen molar-refractivity contribution in [3.63, 3.8) is 0 Å². The second kappa shape index (κ2) is 4.26. The van der Waals surface area contributed by atoms with Gasteiger partial charge in [0.05, 0.1) is 0 Å². The van der Waals surface area contributed by atoms with Crippen LogP contribution in [0.5, 0.6) is 0 Å². The van der Waals surface area contributed by atoms with Crippen LogP contribution >= 0.6 is 0 Å². The zero-order chi connectivity index (χ0) is 10.7. The topological polar surface area (TPSA) is 58.7 Å². The first-order valence-corrected chi connectivity index (χ1v) is 4.78. The predicted molar refractivity (Wildman–Crippen MR) is 56.9 cm³/mol. The van der Waals surface area contributed by atoms with Gasteiger partial charge in [-0.3, -0.25) is 14.7 Å². The fourth-order valence-electron chi connectivity index (χ4n) is 1.35. The van der Waals surface area contributed by atoms with Gasteiger partial charge in [0.25, 0.3) is 0 Å². The molecule has 4 heteroatoms. The molecule has 0 saturated carbocycles. The number of hydrogen-bond donors (Lipinski definition) is 1. The largest absolute Gasteiger partial charge is 0.402 e. The first-order valence-electron chi connectivity index (χ1n) is 4.78. The van der Waals surface area contributed by atoms with Gasteiger partial charge in [0, 0.05) is 31.3 Å². The van der Waals surface area contributed by atoms with Crippen LogP contribution in [0.3, 0.4) is 0 Å². The summed E-state index contributed by atoms with van der Waals surface area (Å²) < 4.78 is 0. The summed E-state index contributed by atoms with van der Waals surface area (Å²) in [6.45, 7) is 4.42. The van der Waals surface area contributed by atoms with Gasteiger partial charge >= 0.3 is 0 Å². The molecule has 0 unspecified atom stereocenters. The molecule has 2 N–H and O–H groups in total. The Hall–Kier alpha value is -1.32. The predicted octanol–water partition coefficient (Wildman–Crippen LogP) is 0.890. The second-order valence-corrected chi connectivity index (χ2v) is 3.57. The fourth-order valence-corrected chi connectivity index (χ4v) is 1.35. The van der Waals surface area contributed by atoms with E-state index in [9.17, 15) is 4.79 Å². The van der Waals surface area contributed by atoms with Crippen molar-refractivity contribution in [3.8, 4) is 0 Å². The van der Waals surface area contributed by atoms with E-state index in [0.717, 1.165) is 12.0 Å². The van der Waals surface area contributed by atoms with Gasteiger partial charge < -0.3 is 5.73 Å². The zero-order valence-electron chi connectivity index (χ0n) is 9.00. The molecule has 1 heterocycles. The summed E-state index contributed by atoms with van der Waals surface area (Å²) in [6, 6.07) is 0. The molecule has 0 fully saturated rings. The molecule has 0 aromatic carbocycles. The SMILES string of the molecule is CC(N)=C(C)C1=NCCCC(=O)N1C. The van der Waals surface area contributed by atoms with Gasteiger partial charge in [0.1, 0.15) is 5.84 Å². The molecule has 1 rings (SSSR count). The number of amidine groups is 1. The van der Waals surface area contributed by atoms with Crippen molar-refractivity contribution in [3.05, 3.63) is 11.3 Å². The molecule has 1 aliphatic rings. The van der Waals surface area contributed by atoms with E-state index in [0.29, 0.717) is 24.5 Å². The molecule has 0 bridgehead atoms. The molecule has 0 aromatic heterocycles. The molecule has 0 aromatic rings. The van der Waals surface area contributed by atoms with Gasteiger partial charge in [-0.25, -0.2) is 0 Å². The van der Waals surface area contributed by atoms with Gasteiger partial charge in [-0.2, -0.15) is 0 Å². The van der Waals surface area contributed by atoms with Crippen molar-refractivity contribution < 1.29 is 4.79 Å². The fraction of sp³-hybridized carbons (Fsp3) is 0.600. The normalized spacial score (nSPS) is 20.1. The highest BCUT2D eigenvalue weighted by molar-refractivity contribution is 6.07. The molecule has 14 heavy (non-hydrogen) atoms. The van der Waals surface area contributed by atoms with E-state index in [2.05, 4.69) is 4.99 Å². The van der Waals surface area contributed by atoms with Crippen LogP contribution in [-0.4, -0.2) is 30.2 Å². The van der Waals surface area contributed by atoms with Crippen LogP contribution in [0.15, 0.2) is 16.3 Å². The summed E-state index contributed by atoms with van der Waals surface area (Å²) in [5, 5.41) is 0. The Bertz CT molecular complexity index is 300. The zero-order valence-corrected chi connectivity index (χ0v) is 9.00. The quantitative estimate of drug-likeness (QED) is 0.675. The van der Waals surface area contributed by atoms with Gasteiger partial charge in [-0.15, -0.1) is 0 Å². The van der Waals surface area contributed by atoms with Crippen LogP contribution in [0.4, 0.5) is 0 Å². The maximum atomic E-state index is 11.5. The molecule has 0 radical (unpaired) electrons. The molecule has 1 amide bonds. The van der Waals surface area contributed by atoms with Crippen LogP contribution in [0.2, 0.25) is 0 Å². The first-order chi connectivity index (χ1) is 6.54. The number of nitrogens with zero attached hydrogens (tertiary/aromatic N) is 2. The maximum absolute atomic E-state index is 11.5. The van der Waals surface area contributed by atoms with Gasteiger partial charge in [-0.1, -0.05) is 0 Å². The average Bonchev–Trinajstić information content (AvgIpc) is 2.29. The van der Waals surface area contributed by atoms with E-state index in [1.54, 1.807) is 11.9 Å². The number of carbonyl (C=O) groups is 1. The monoisotopic (exact) mass is 195 g/mol. The summed E-state index contributed by atoms with van der Waals surface area (Å²) in [5.41, 5.74) is 7.29. The third kappa shape index (κ3) is 2.13. The lowest BCUT2D eigenvalue weighted by atomic mass is 10.2. The molecule has 78 valence electrons. The number of allylic oxidation sites excluding steroid dienone is 1. The molecule has 0 atom stereocenters. The second-order valence-electron chi connectivity index (χ2n) is 3.57. The first kappa shape index (κ1) is 10.8. The summed E-state index contributed by atoms with van der Waals surface area (Å²) in [5.74, 6) is 0.828. The highest BCUT2D eigenvalue weighted by atomic mass is 16.2. The van der Waals surface area contributed by atoms with Crippen molar-refractivity contribution in [1.29, 1.82) is 0 Å². The van der Waals surface area contributed by atoms with Crippen LogP contribution in [-0.2, 0) is 4.79 Å². The van der Waals surface area contributed by atoms with Crippen LogP contribution in [0.25, 0.3) is 0 Å². The van der Waals surface area contributed by atoms with E-state index in [1.165, 1.54) is 0 Å². The highest BCUT2D eigenvalue weighted by Crippen LogP contribution is 2.11. The van der Waals surface area contributed by atoms with Crippen LogP contribution in [0.1, 0.15) is 26.7 Å². The Labute approximate surface area is 84.5 Å². The van der Waals surface area contributed by atoms with E-state index < -0.39 is 0 Å². The number of likely N-dealkylation sites (N-methyl/N-ethyl adjacent to an activating group) is 1. The van der Waals surface area contributed by atoms with Crippen molar-refractivity contribution in [1.82, 2.24) is 4.90 Å². The van der Waals surface area contributed by atoms with Gasteiger partial charge in [0.15, 0.2) is 0 Å². The minimum Gasteiger partial charge on any atom is -0.402 e. The van der Waals surface area contributed by atoms with Crippen LogP contribution < -0.4 is 5.73 Å². The van der Waals surface area contributed by atoms with Crippen molar-refractivity contribution in [2.24, 2.45) is 10.7 Å². The molecular weight excluding hydrogens is 178 g/mol. The summed E-state index contributed by atoms with van der Waals surface area (Å²) >= 11 is 0. The highest BCUT2D eigenvalue weighted by Gasteiger charge is 2.19. The molecule has 4 nitrogen and oxygen atoms in total. The standard InChI is InChI=1S/C10H17N3O/c1-7(8(2)11)10-12-6-4-5-9(14)13(10)3/h4-6,11H2,1-3H3. The molecule has 0 aliphatic carbocycles. The molecule has 0 spiro atoms. The van der Waals surface area contributed by atoms with E-state index in [4.69, 9.17) is 5.73 Å². The maximum Gasteiger partial charge on any atom is 0.227 e. The number of hydrogen-bond acceptors (Lipinski definition) is 3. The van der Waals surface area contributed by atoms with Crippen molar-refractivity contribution in [2.75, 3.05) is 13.6 Å². The van der Waals surface area contributed by atoms with Gasteiger partial charge in [-0.05, 0) is 20.3 Å². The van der Waals surface area contributed by atoms with Crippen LogP contribution in [0, 0.1) is 0 Å². The number of carbonyl (C=O) groups excluding carboxylic acids is 1. The molecule has 0 saturated heterocycles. The smallest absolute Gasteiger partial charge is 0.227 e. The Balaban J connectivity index is 3.01. The summed E-state index contributed by atoms with van der Waals surface area (Å²) in [4.78, 5) is 17.5. The number of aliphatic imine (C=N–C) groups is 1. The lowest BCUT2D eigenvalue weighted by molar-refractivity contribution is -0.126. The summed E-state index contributed by atoms with van der Waals surface area (Å²) in [6.07, 6.45) is 1.39. The van der Waals surface area contributed by atoms with Crippen molar-refractivity contribution in [2.45, 2.75) is 26.7 Å². The number of nitrogens with two attached hydrogens (primary N) is 1. The van der Waals surface area contributed by atoms with E-state index >= 15 is 0 Å². The molecule has 1 aliphatic heterocycles. The van der Waals surface area contributed by atoms with Crippen molar-refractivity contribution >= 4 is 11.7 Å².